The van der Waals surface area contributed by atoms with Crippen LogP contribution in [-0.4, -0.2) is 43.9 Å². The molecule has 1 heterocycles. The lowest BCUT2D eigenvalue weighted by Gasteiger charge is -2.40. The fourth-order valence-corrected chi connectivity index (χ4v) is 5.22. The topological polar surface area (TPSA) is 38.8 Å². The molecule has 1 atom stereocenters. The molecule has 6 heteroatoms. The molecule has 4 nitrogen and oxygen atoms in total. The molecule has 0 N–H and O–H groups in total. The summed E-state index contributed by atoms with van der Waals surface area (Å²) in [5.41, 5.74) is 1.47. The molecule has 1 aromatic carbocycles. The third-order valence-corrected chi connectivity index (χ3v) is 7.91. The van der Waals surface area contributed by atoms with E-state index in [0.29, 0.717) is 19.3 Å². The summed E-state index contributed by atoms with van der Waals surface area (Å²) in [6, 6.07) is 7.21. The van der Waals surface area contributed by atoms with Crippen molar-refractivity contribution < 1.29 is 14.3 Å². The zero-order chi connectivity index (χ0) is 19.8. The molecule has 1 amide bonds. The second-order valence-corrected chi connectivity index (χ2v) is 16.0. The third-order valence-electron chi connectivity index (χ3n) is 5.54. The Kier molecular flexibility index (Phi) is 6.21. The van der Waals surface area contributed by atoms with E-state index in [1.807, 2.05) is 17.0 Å². The highest BCUT2D eigenvalue weighted by atomic mass is 79.9. The molecule has 150 valence electrons. The van der Waals surface area contributed by atoms with Gasteiger partial charge < -0.3 is 14.4 Å². The summed E-state index contributed by atoms with van der Waals surface area (Å²) in [7, 11) is -1.09. The van der Waals surface area contributed by atoms with Crippen LogP contribution in [0.3, 0.4) is 0 Å². The Morgan fingerprint density at radius 3 is 2.59 bits per heavy atom. The number of benzene rings is 1. The molecule has 0 aromatic heterocycles. The number of carbonyl (C=O) groups excluding carboxylic acids is 1. The lowest BCUT2D eigenvalue weighted by Crippen LogP contribution is -2.52. The summed E-state index contributed by atoms with van der Waals surface area (Å²) in [5, 5.41) is 0. The maximum atomic E-state index is 13.1. The number of hydrogen-bond donors (Lipinski definition) is 0. The molecule has 1 unspecified atom stereocenters. The van der Waals surface area contributed by atoms with Gasteiger partial charge in [0.1, 0.15) is 6.79 Å². The first kappa shape index (κ1) is 21.0. The Bertz CT molecular complexity index is 697. The Balaban J connectivity index is 1.65. The Labute approximate surface area is 172 Å². The van der Waals surface area contributed by atoms with Gasteiger partial charge in [0, 0.05) is 25.7 Å². The van der Waals surface area contributed by atoms with E-state index < -0.39 is 13.7 Å². The summed E-state index contributed by atoms with van der Waals surface area (Å²) in [5.74, 6) is 0.629. The first-order valence-electron chi connectivity index (χ1n) is 9.90. The van der Waals surface area contributed by atoms with Crippen molar-refractivity contribution in [2.75, 3.05) is 13.4 Å². The van der Waals surface area contributed by atoms with Crippen LogP contribution in [0.4, 0.5) is 0 Å². The van der Waals surface area contributed by atoms with Crippen molar-refractivity contribution in [3.05, 3.63) is 33.8 Å². The van der Waals surface area contributed by atoms with E-state index in [1.165, 1.54) is 0 Å². The van der Waals surface area contributed by atoms with Gasteiger partial charge in [0.15, 0.2) is 0 Å². The van der Waals surface area contributed by atoms with Crippen molar-refractivity contribution in [1.82, 2.24) is 4.90 Å². The van der Waals surface area contributed by atoms with E-state index >= 15 is 0 Å². The fraction of sp³-hybridized carbons (Fsp3) is 0.667. The second kappa shape index (κ2) is 7.97. The summed E-state index contributed by atoms with van der Waals surface area (Å²) < 4.78 is 12.8. The van der Waals surface area contributed by atoms with Crippen molar-refractivity contribution in [3.8, 4) is 0 Å². The molecular formula is C21H32BrNO3Si. The summed E-state index contributed by atoms with van der Waals surface area (Å²) in [6.07, 6.45) is 2.32. The van der Waals surface area contributed by atoms with Crippen molar-refractivity contribution in [2.45, 2.75) is 70.6 Å². The summed E-state index contributed by atoms with van der Waals surface area (Å²) in [6.45, 7) is 12.9. The van der Waals surface area contributed by atoms with Crippen molar-refractivity contribution in [2.24, 2.45) is 5.92 Å². The quantitative estimate of drug-likeness (QED) is 0.289. The number of carbonyl (C=O) groups is 1. The molecular weight excluding hydrogens is 422 g/mol. The van der Waals surface area contributed by atoms with E-state index in [4.69, 9.17) is 9.47 Å². The number of halogens is 1. The van der Waals surface area contributed by atoms with Gasteiger partial charge in [-0.1, -0.05) is 31.8 Å². The number of hydrogen-bond acceptors (Lipinski definition) is 3. The number of ether oxygens (including phenoxy) is 2. The second-order valence-electron chi connectivity index (χ2n) is 9.57. The van der Waals surface area contributed by atoms with Gasteiger partial charge >= 0.3 is 0 Å². The first-order valence-corrected chi connectivity index (χ1v) is 14.4. The van der Waals surface area contributed by atoms with Crippen LogP contribution < -0.4 is 0 Å². The van der Waals surface area contributed by atoms with Gasteiger partial charge in [-0.25, -0.2) is 0 Å². The molecule has 1 aliphatic heterocycles. The highest BCUT2D eigenvalue weighted by molar-refractivity contribution is 9.10. The lowest BCUT2D eigenvalue weighted by molar-refractivity contribution is -0.153. The predicted octanol–water partition coefficient (Wildman–Crippen LogP) is 5.29. The highest BCUT2D eigenvalue weighted by Crippen LogP contribution is 2.44. The van der Waals surface area contributed by atoms with Crippen LogP contribution in [0.5, 0.6) is 0 Å². The normalized spacial score (nSPS) is 18.7. The summed E-state index contributed by atoms with van der Waals surface area (Å²) in [4.78, 5) is 15.2. The fourth-order valence-electron chi connectivity index (χ4n) is 3.89. The van der Waals surface area contributed by atoms with Gasteiger partial charge in [-0.3, -0.25) is 4.79 Å². The van der Waals surface area contributed by atoms with Crippen LogP contribution in [0.1, 0.15) is 42.6 Å². The monoisotopic (exact) mass is 453 g/mol. The predicted molar refractivity (Wildman–Crippen MR) is 115 cm³/mol. The van der Waals surface area contributed by atoms with Gasteiger partial charge in [0.25, 0.3) is 5.91 Å². The van der Waals surface area contributed by atoms with Crippen LogP contribution in [0.25, 0.3) is 0 Å². The van der Waals surface area contributed by atoms with E-state index in [1.54, 1.807) is 0 Å². The van der Waals surface area contributed by atoms with Crippen LogP contribution in [0, 0.1) is 5.92 Å². The van der Waals surface area contributed by atoms with E-state index in [2.05, 4.69) is 55.5 Å². The zero-order valence-corrected chi connectivity index (χ0v) is 19.8. The smallest absolute Gasteiger partial charge is 0.256 e. The number of rotatable bonds is 9. The Hall–Kier alpha value is -0.693. The Morgan fingerprint density at radius 2 is 2.00 bits per heavy atom. The lowest BCUT2D eigenvalue weighted by atomic mass is 9.92. The van der Waals surface area contributed by atoms with Gasteiger partial charge in [-0.15, -0.1) is 0 Å². The standard InChI is InChI=1S/C21H32BrNO3Si/c1-21(2,26-14-25-11-12-27(3,4)5)19(15-9-10-15)23-13-16-7-6-8-17(22)18(16)20(23)24/h6-8,15,19H,9-14H2,1-5H3. The van der Waals surface area contributed by atoms with Crippen molar-refractivity contribution >= 4 is 29.9 Å². The molecule has 1 aliphatic carbocycles. The molecule has 0 radical (unpaired) electrons. The van der Waals surface area contributed by atoms with Crippen LogP contribution >= 0.6 is 15.9 Å². The van der Waals surface area contributed by atoms with Gasteiger partial charge in [-0.05, 0) is 66.2 Å². The van der Waals surface area contributed by atoms with Gasteiger partial charge in [0.05, 0.1) is 17.2 Å². The molecule has 0 bridgehead atoms. The van der Waals surface area contributed by atoms with Gasteiger partial charge in [0.2, 0.25) is 0 Å². The maximum Gasteiger partial charge on any atom is 0.256 e. The number of amides is 1. The zero-order valence-electron chi connectivity index (χ0n) is 17.2. The van der Waals surface area contributed by atoms with Crippen LogP contribution in [0.2, 0.25) is 25.7 Å². The highest BCUT2D eigenvalue weighted by Gasteiger charge is 2.49. The molecule has 1 saturated carbocycles. The molecule has 1 aromatic rings. The Morgan fingerprint density at radius 1 is 1.30 bits per heavy atom. The minimum absolute atomic E-state index is 0.0740. The number of fused-ring (bicyclic) bond motifs is 1. The SMILES string of the molecule is CC(C)(OCOCC[Si](C)(C)C)C(C1CC1)N1Cc2cccc(Br)c2C1=O. The van der Waals surface area contributed by atoms with Crippen molar-refractivity contribution in [3.63, 3.8) is 0 Å². The maximum absolute atomic E-state index is 13.1. The first-order chi connectivity index (χ1) is 12.6. The van der Waals surface area contributed by atoms with Gasteiger partial charge in [-0.2, -0.15) is 0 Å². The number of nitrogens with zero attached hydrogens (tertiary/aromatic N) is 1. The van der Waals surface area contributed by atoms with Crippen LogP contribution in [-0.2, 0) is 16.0 Å². The average Bonchev–Trinajstić information content (AvgIpc) is 3.31. The third kappa shape index (κ3) is 5.02. The minimum Gasteiger partial charge on any atom is -0.356 e. The molecule has 0 spiro atoms. The van der Waals surface area contributed by atoms with E-state index in [-0.39, 0.29) is 11.9 Å². The van der Waals surface area contributed by atoms with Crippen LogP contribution in [0.15, 0.2) is 22.7 Å². The largest absolute Gasteiger partial charge is 0.356 e. The average molecular weight is 454 g/mol. The molecule has 0 saturated heterocycles. The van der Waals surface area contributed by atoms with Crippen molar-refractivity contribution in [1.29, 1.82) is 0 Å². The molecule has 27 heavy (non-hydrogen) atoms. The molecule has 3 rings (SSSR count). The minimum atomic E-state index is -1.09. The molecule has 2 aliphatic rings. The van der Waals surface area contributed by atoms with E-state index in [9.17, 15) is 4.79 Å². The summed E-state index contributed by atoms with van der Waals surface area (Å²) >= 11 is 3.55. The van der Waals surface area contributed by atoms with E-state index in [0.717, 1.165) is 41.1 Å². The molecule has 1 fully saturated rings.